The molecule has 2 aliphatic rings. The number of rotatable bonds is 7. The Hall–Kier alpha value is -2.65. The lowest BCUT2D eigenvalue weighted by atomic mass is 9.90. The van der Waals surface area contributed by atoms with Crippen LogP contribution in [0, 0.1) is 0 Å². The summed E-state index contributed by atoms with van der Waals surface area (Å²) in [5.41, 5.74) is 2.13. The van der Waals surface area contributed by atoms with Gasteiger partial charge in [-0.05, 0) is 60.5 Å². The fourth-order valence-electron chi connectivity index (χ4n) is 4.69. The van der Waals surface area contributed by atoms with Crippen molar-refractivity contribution in [1.29, 1.82) is 0 Å². The molecule has 1 fully saturated rings. The Bertz CT molecular complexity index is 1440. The molecular weight excluding hydrogens is 559 g/mol. The largest absolute Gasteiger partial charge is 0.486 e. The maximum atomic E-state index is 13.7. The standard InChI is InChI=1S/C26H23Cl3N2O5S/c27-17-3-1-4-20(11-17)37(34,35)31-15-19(8-10-25(32)33)36-24-9-7-18(12-23(24)31)30-13-16(14-30)26-21(28)5-2-6-22(26)29/h1-7,9,11-12,16,19H,8,10,13-15H2,(H,32,33)/t19-/m0/s1. The van der Waals surface area contributed by atoms with Crippen LogP contribution in [0.5, 0.6) is 5.75 Å². The lowest BCUT2D eigenvalue weighted by Crippen LogP contribution is -2.46. The van der Waals surface area contributed by atoms with E-state index >= 15 is 0 Å². The van der Waals surface area contributed by atoms with Gasteiger partial charge in [-0.1, -0.05) is 46.9 Å². The normalized spacial score (nSPS) is 17.6. The molecule has 1 saturated heterocycles. The monoisotopic (exact) mass is 580 g/mol. The van der Waals surface area contributed by atoms with E-state index in [1.807, 2.05) is 24.3 Å². The van der Waals surface area contributed by atoms with Crippen LogP contribution in [-0.4, -0.2) is 45.2 Å². The molecule has 3 aromatic rings. The van der Waals surface area contributed by atoms with Crippen LogP contribution in [0.4, 0.5) is 11.4 Å². The topological polar surface area (TPSA) is 87.2 Å². The first-order chi connectivity index (χ1) is 17.6. The second-order valence-electron chi connectivity index (χ2n) is 9.06. The Morgan fingerprint density at radius 2 is 1.68 bits per heavy atom. The third kappa shape index (κ3) is 5.21. The molecule has 0 saturated carbocycles. The molecule has 0 aliphatic carbocycles. The molecule has 0 aromatic heterocycles. The molecule has 0 spiro atoms. The molecule has 5 rings (SSSR count). The summed E-state index contributed by atoms with van der Waals surface area (Å²) in [6, 6.07) is 16.9. The second kappa shape index (κ2) is 10.3. The van der Waals surface area contributed by atoms with Crippen LogP contribution in [0.15, 0.2) is 65.6 Å². The van der Waals surface area contributed by atoms with Gasteiger partial charge in [0.05, 0.1) is 17.1 Å². The summed E-state index contributed by atoms with van der Waals surface area (Å²) in [5.74, 6) is -0.442. The van der Waals surface area contributed by atoms with E-state index < -0.39 is 22.1 Å². The molecule has 0 bridgehead atoms. The number of carboxylic acid groups (broad SMARTS) is 1. The highest BCUT2D eigenvalue weighted by molar-refractivity contribution is 7.92. The van der Waals surface area contributed by atoms with E-state index in [-0.39, 0.29) is 30.2 Å². The summed E-state index contributed by atoms with van der Waals surface area (Å²) in [5, 5.41) is 10.7. The minimum Gasteiger partial charge on any atom is -0.486 e. The van der Waals surface area contributed by atoms with Gasteiger partial charge in [0.1, 0.15) is 11.9 Å². The summed E-state index contributed by atoms with van der Waals surface area (Å²) < 4.78 is 34.7. The lowest BCUT2D eigenvalue weighted by Gasteiger charge is -2.43. The van der Waals surface area contributed by atoms with Crippen molar-refractivity contribution >= 4 is 62.2 Å². The zero-order valence-electron chi connectivity index (χ0n) is 19.5. The summed E-state index contributed by atoms with van der Waals surface area (Å²) in [7, 11) is -4.00. The number of halogens is 3. The maximum absolute atomic E-state index is 13.7. The van der Waals surface area contributed by atoms with Gasteiger partial charge in [0.2, 0.25) is 0 Å². The van der Waals surface area contributed by atoms with Gasteiger partial charge < -0.3 is 14.7 Å². The molecule has 2 heterocycles. The maximum Gasteiger partial charge on any atom is 0.303 e. The molecule has 0 amide bonds. The molecule has 1 atom stereocenters. The first-order valence-electron chi connectivity index (χ1n) is 11.6. The summed E-state index contributed by atoms with van der Waals surface area (Å²) in [6.07, 6.45) is -0.577. The van der Waals surface area contributed by atoms with E-state index in [4.69, 9.17) is 44.6 Å². The Balaban J connectivity index is 1.46. The summed E-state index contributed by atoms with van der Waals surface area (Å²) in [6.45, 7) is 1.33. The molecule has 11 heteroatoms. The number of fused-ring (bicyclic) bond motifs is 1. The van der Waals surface area contributed by atoms with Crippen molar-refractivity contribution < 1.29 is 23.1 Å². The van der Waals surface area contributed by atoms with E-state index in [2.05, 4.69) is 4.90 Å². The highest BCUT2D eigenvalue weighted by Gasteiger charge is 2.37. The Kier molecular flexibility index (Phi) is 7.20. The van der Waals surface area contributed by atoms with Gasteiger partial charge in [0, 0.05) is 46.2 Å². The summed E-state index contributed by atoms with van der Waals surface area (Å²) in [4.78, 5) is 13.3. The predicted octanol–water partition coefficient (Wildman–Crippen LogP) is 6.07. The van der Waals surface area contributed by atoms with Crippen molar-refractivity contribution in [2.45, 2.75) is 29.8 Å². The predicted molar refractivity (Wildman–Crippen MR) is 145 cm³/mol. The Labute approximate surface area is 230 Å². The van der Waals surface area contributed by atoms with Crippen LogP contribution in [-0.2, 0) is 14.8 Å². The van der Waals surface area contributed by atoms with Gasteiger partial charge in [-0.25, -0.2) is 8.42 Å². The number of benzene rings is 3. The Morgan fingerprint density at radius 1 is 0.973 bits per heavy atom. The van der Waals surface area contributed by atoms with Crippen LogP contribution in [0.25, 0.3) is 0 Å². The van der Waals surface area contributed by atoms with Gasteiger partial charge in [0.15, 0.2) is 0 Å². The molecule has 0 unspecified atom stereocenters. The molecule has 0 radical (unpaired) electrons. The molecule has 1 N–H and O–H groups in total. The summed E-state index contributed by atoms with van der Waals surface area (Å²) >= 11 is 18.9. The van der Waals surface area contributed by atoms with Crippen LogP contribution >= 0.6 is 34.8 Å². The third-order valence-electron chi connectivity index (χ3n) is 6.59. The number of hydrogen-bond donors (Lipinski definition) is 1. The molecular formula is C26H23Cl3N2O5S. The van der Waals surface area contributed by atoms with Crippen LogP contribution in [0.2, 0.25) is 15.1 Å². The first kappa shape index (κ1) is 26.0. The van der Waals surface area contributed by atoms with Gasteiger partial charge in [-0.15, -0.1) is 0 Å². The molecule has 3 aromatic carbocycles. The van der Waals surface area contributed by atoms with Crippen molar-refractivity contribution in [3.05, 3.63) is 81.3 Å². The van der Waals surface area contributed by atoms with Gasteiger partial charge in [-0.2, -0.15) is 0 Å². The van der Waals surface area contributed by atoms with Gasteiger partial charge >= 0.3 is 5.97 Å². The van der Waals surface area contributed by atoms with Crippen molar-refractivity contribution in [2.75, 3.05) is 28.8 Å². The average molecular weight is 582 g/mol. The number of aliphatic carboxylic acids is 1. The fraction of sp³-hybridized carbons (Fsp3) is 0.269. The van der Waals surface area contributed by atoms with Crippen molar-refractivity contribution in [3.8, 4) is 5.75 Å². The quantitative estimate of drug-likeness (QED) is 0.364. The van der Waals surface area contributed by atoms with Crippen molar-refractivity contribution in [3.63, 3.8) is 0 Å². The molecule has 2 aliphatic heterocycles. The SMILES string of the molecule is O=C(O)CC[C@H]1CN(S(=O)(=O)c2cccc(Cl)c2)c2cc(N3CC(c4c(Cl)cccc4Cl)C3)ccc2O1. The fourth-order valence-corrected chi connectivity index (χ4v) is 7.19. The minimum absolute atomic E-state index is 0.0174. The van der Waals surface area contributed by atoms with Crippen LogP contribution in [0.1, 0.15) is 24.3 Å². The van der Waals surface area contributed by atoms with Crippen LogP contribution < -0.4 is 13.9 Å². The number of carbonyl (C=O) groups is 1. The highest BCUT2D eigenvalue weighted by atomic mass is 35.5. The van der Waals surface area contributed by atoms with E-state index in [1.54, 1.807) is 24.3 Å². The zero-order chi connectivity index (χ0) is 26.3. The van der Waals surface area contributed by atoms with Gasteiger partial charge in [-0.3, -0.25) is 9.10 Å². The molecule has 7 nitrogen and oxygen atoms in total. The number of anilines is 2. The number of sulfonamides is 1. The number of nitrogens with zero attached hydrogens (tertiary/aromatic N) is 2. The van der Waals surface area contributed by atoms with E-state index in [9.17, 15) is 13.2 Å². The van der Waals surface area contributed by atoms with Crippen LogP contribution in [0.3, 0.4) is 0 Å². The van der Waals surface area contributed by atoms with Crippen molar-refractivity contribution in [2.24, 2.45) is 0 Å². The number of carboxylic acids is 1. The molecule has 194 valence electrons. The second-order valence-corrected chi connectivity index (χ2v) is 12.2. The first-order valence-corrected chi connectivity index (χ1v) is 14.2. The molecule has 37 heavy (non-hydrogen) atoms. The van der Waals surface area contributed by atoms with E-state index in [1.165, 1.54) is 16.4 Å². The third-order valence-corrected chi connectivity index (χ3v) is 9.26. The van der Waals surface area contributed by atoms with E-state index in [0.29, 0.717) is 39.6 Å². The highest BCUT2D eigenvalue weighted by Crippen LogP contribution is 2.44. The zero-order valence-corrected chi connectivity index (χ0v) is 22.6. The number of ether oxygens (including phenoxy) is 1. The average Bonchev–Trinajstić information content (AvgIpc) is 2.83. The minimum atomic E-state index is -4.00. The van der Waals surface area contributed by atoms with Crippen molar-refractivity contribution in [1.82, 2.24) is 0 Å². The smallest absolute Gasteiger partial charge is 0.303 e. The Morgan fingerprint density at radius 3 is 2.35 bits per heavy atom. The van der Waals surface area contributed by atoms with Gasteiger partial charge in [0.25, 0.3) is 10.0 Å². The van der Waals surface area contributed by atoms with E-state index in [0.717, 1.165) is 11.3 Å². The lowest BCUT2D eigenvalue weighted by molar-refractivity contribution is -0.137. The number of hydrogen-bond acceptors (Lipinski definition) is 5.